The molecule has 4 heteroatoms. The summed E-state index contributed by atoms with van der Waals surface area (Å²) in [6.07, 6.45) is 7.22. The van der Waals surface area contributed by atoms with Crippen LogP contribution in [-0.2, 0) is 4.79 Å². The lowest BCUT2D eigenvalue weighted by atomic mass is 10.0. The molecule has 2 aliphatic rings. The van der Waals surface area contributed by atoms with Crippen molar-refractivity contribution in [1.82, 2.24) is 10.2 Å². The Balaban J connectivity index is 1.67. The zero-order valence-electron chi connectivity index (χ0n) is 11.5. The molecule has 1 saturated carbocycles. The first kappa shape index (κ1) is 13.8. The summed E-state index contributed by atoms with van der Waals surface area (Å²) < 4.78 is 0. The summed E-state index contributed by atoms with van der Waals surface area (Å²) in [7, 11) is 0. The molecule has 1 amide bonds. The molecular weight excluding hydrogens is 226 g/mol. The van der Waals surface area contributed by atoms with Crippen molar-refractivity contribution in [2.45, 2.75) is 57.5 Å². The molecule has 1 aliphatic heterocycles. The van der Waals surface area contributed by atoms with Crippen LogP contribution < -0.4 is 11.1 Å². The molecule has 1 heterocycles. The molecule has 0 spiro atoms. The van der Waals surface area contributed by atoms with Crippen LogP contribution in [0.3, 0.4) is 0 Å². The molecule has 18 heavy (non-hydrogen) atoms. The monoisotopic (exact) mass is 253 g/mol. The van der Waals surface area contributed by atoms with Gasteiger partial charge in [-0.2, -0.15) is 0 Å². The first-order valence-corrected chi connectivity index (χ1v) is 7.46. The standard InChI is InChI=1S/C14H27N3O/c1-2-3-11-6-8-17(10-11)9-7-13(14(15)18)16-12-4-5-12/h11-13,16H,2-10H2,1H3,(H2,15,18). The van der Waals surface area contributed by atoms with E-state index in [-0.39, 0.29) is 11.9 Å². The molecule has 1 saturated heterocycles. The molecule has 104 valence electrons. The van der Waals surface area contributed by atoms with Crippen LogP contribution in [0.15, 0.2) is 0 Å². The summed E-state index contributed by atoms with van der Waals surface area (Å²) in [6, 6.07) is 0.427. The fourth-order valence-corrected chi connectivity index (χ4v) is 2.91. The van der Waals surface area contributed by atoms with Crippen LogP contribution in [0.5, 0.6) is 0 Å². The molecule has 0 aromatic carbocycles. The number of nitrogens with zero attached hydrogens (tertiary/aromatic N) is 1. The minimum Gasteiger partial charge on any atom is -0.368 e. The summed E-state index contributed by atoms with van der Waals surface area (Å²) in [6.45, 7) is 5.67. The average molecular weight is 253 g/mol. The van der Waals surface area contributed by atoms with Gasteiger partial charge >= 0.3 is 0 Å². The molecule has 2 rings (SSSR count). The van der Waals surface area contributed by atoms with E-state index in [4.69, 9.17) is 5.73 Å². The molecular formula is C14H27N3O. The van der Waals surface area contributed by atoms with Gasteiger partial charge in [0.15, 0.2) is 0 Å². The largest absolute Gasteiger partial charge is 0.368 e. The lowest BCUT2D eigenvalue weighted by Gasteiger charge is -2.20. The number of carbonyl (C=O) groups is 1. The van der Waals surface area contributed by atoms with Gasteiger partial charge in [-0.1, -0.05) is 13.3 Å². The van der Waals surface area contributed by atoms with E-state index in [9.17, 15) is 4.79 Å². The molecule has 0 aromatic heterocycles. The minimum absolute atomic E-state index is 0.122. The van der Waals surface area contributed by atoms with E-state index in [1.807, 2.05) is 0 Å². The molecule has 2 atom stereocenters. The van der Waals surface area contributed by atoms with Gasteiger partial charge in [-0.05, 0) is 44.6 Å². The van der Waals surface area contributed by atoms with Crippen molar-refractivity contribution in [3.05, 3.63) is 0 Å². The van der Waals surface area contributed by atoms with Crippen molar-refractivity contribution in [2.75, 3.05) is 19.6 Å². The van der Waals surface area contributed by atoms with Crippen LogP contribution in [-0.4, -0.2) is 42.5 Å². The van der Waals surface area contributed by atoms with E-state index in [1.54, 1.807) is 0 Å². The SMILES string of the molecule is CCCC1CCN(CCC(NC2CC2)C(N)=O)C1. The normalized spacial score (nSPS) is 26.4. The Morgan fingerprint density at radius 2 is 2.22 bits per heavy atom. The van der Waals surface area contributed by atoms with E-state index < -0.39 is 0 Å². The van der Waals surface area contributed by atoms with Crippen LogP contribution >= 0.6 is 0 Å². The first-order valence-electron chi connectivity index (χ1n) is 7.46. The van der Waals surface area contributed by atoms with Crippen LogP contribution in [0.1, 0.15) is 45.4 Å². The van der Waals surface area contributed by atoms with Crippen LogP contribution in [0.2, 0.25) is 0 Å². The number of amides is 1. The maximum absolute atomic E-state index is 11.4. The fraction of sp³-hybridized carbons (Fsp3) is 0.929. The summed E-state index contributed by atoms with van der Waals surface area (Å²) in [5.74, 6) is 0.685. The molecule has 1 aliphatic carbocycles. The van der Waals surface area contributed by atoms with E-state index in [0.29, 0.717) is 6.04 Å². The average Bonchev–Trinajstić information content (AvgIpc) is 3.04. The number of nitrogens with one attached hydrogen (secondary N) is 1. The predicted molar refractivity (Wildman–Crippen MR) is 73.2 cm³/mol. The third-order valence-corrected chi connectivity index (χ3v) is 4.16. The number of likely N-dealkylation sites (tertiary alicyclic amines) is 1. The highest BCUT2D eigenvalue weighted by Crippen LogP contribution is 2.22. The van der Waals surface area contributed by atoms with Crippen LogP contribution in [0.25, 0.3) is 0 Å². The first-order chi connectivity index (χ1) is 8.69. The van der Waals surface area contributed by atoms with Crippen molar-refractivity contribution >= 4 is 5.91 Å². The number of hydrogen-bond donors (Lipinski definition) is 2. The van der Waals surface area contributed by atoms with E-state index in [2.05, 4.69) is 17.1 Å². The molecule has 2 fully saturated rings. The van der Waals surface area contributed by atoms with Crippen molar-refractivity contribution in [3.8, 4) is 0 Å². The Bertz CT molecular complexity index is 278. The van der Waals surface area contributed by atoms with Gasteiger partial charge in [0, 0.05) is 19.1 Å². The van der Waals surface area contributed by atoms with Gasteiger partial charge in [-0.15, -0.1) is 0 Å². The van der Waals surface area contributed by atoms with Crippen molar-refractivity contribution in [1.29, 1.82) is 0 Å². The highest BCUT2D eigenvalue weighted by molar-refractivity contribution is 5.79. The number of hydrogen-bond acceptors (Lipinski definition) is 3. The van der Waals surface area contributed by atoms with Crippen molar-refractivity contribution in [2.24, 2.45) is 11.7 Å². The summed E-state index contributed by atoms with van der Waals surface area (Å²) in [5, 5.41) is 3.35. The fourth-order valence-electron chi connectivity index (χ4n) is 2.91. The van der Waals surface area contributed by atoms with Gasteiger partial charge in [0.2, 0.25) is 5.91 Å². The number of rotatable bonds is 8. The Hall–Kier alpha value is -0.610. The van der Waals surface area contributed by atoms with Gasteiger partial charge < -0.3 is 16.0 Å². The number of nitrogens with two attached hydrogens (primary N) is 1. The second-order valence-electron chi connectivity index (χ2n) is 5.93. The molecule has 4 nitrogen and oxygen atoms in total. The number of primary amides is 1. The summed E-state index contributed by atoms with van der Waals surface area (Å²) >= 11 is 0. The maximum atomic E-state index is 11.4. The quantitative estimate of drug-likeness (QED) is 0.681. The predicted octanol–water partition coefficient (Wildman–Crippen LogP) is 1.10. The Morgan fingerprint density at radius 1 is 1.44 bits per heavy atom. The van der Waals surface area contributed by atoms with E-state index in [0.717, 1.165) is 18.9 Å². The van der Waals surface area contributed by atoms with Crippen molar-refractivity contribution in [3.63, 3.8) is 0 Å². The molecule has 0 bridgehead atoms. The van der Waals surface area contributed by atoms with Crippen LogP contribution in [0, 0.1) is 5.92 Å². The second kappa shape index (κ2) is 6.53. The van der Waals surface area contributed by atoms with Gasteiger partial charge in [-0.3, -0.25) is 4.79 Å². The molecule has 3 N–H and O–H groups in total. The Kier molecular flexibility index (Phi) is 5.01. The van der Waals surface area contributed by atoms with Gasteiger partial charge in [0.1, 0.15) is 0 Å². The maximum Gasteiger partial charge on any atom is 0.234 e. The third kappa shape index (κ3) is 4.25. The van der Waals surface area contributed by atoms with Gasteiger partial charge in [-0.25, -0.2) is 0 Å². The van der Waals surface area contributed by atoms with Crippen LogP contribution in [0.4, 0.5) is 0 Å². The van der Waals surface area contributed by atoms with E-state index in [1.165, 1.54) is 45.2 Å². The van der Waals surface area contributed by atoms with E-state index >= 15 is 0 Å². The zero-order valence-corrected chi connectivity index (χ0v) is 11.5. The molecule has 0 aromatic rings. The minimum atomic E-state index is -0.189. The van der Waals surface area contributed by atoms with Gasteiger partial charge in [0.25, 0.3) is 0 Å². The zero-order chi connectivity index (χ0) is 13.0. The second-order valence-corrected chi connectivity index (χ2v) is 5.93. The molecule has 0 radical (unpaired) electrons. The Labute approximate surface area is 110 Å². The highest BCUT2D eigenvalue weighted by atomic mass is 16.1. The highest BCUT2D eigenvalue weighted by Gasteiger charge is 2.28. The van der Waals surface area contributed by atoms with Gasteiger partial charge in [0.05, 0.1) is 6.04 Å². The van der Waals surface area contributed by atoms with Crippen molar-refractivity contribution < 1.29 is 4.79 Å². The number of carbonyl (C=O) groups excluding carboxylic acids is 1. The Morgan fingerprint density at radius 3 is 2.83 bits per heavy atom. The summed E-state index contributed by atoms with van der Waals surface area (Å²) in [4.78, 5) is 13.9. The topological polar surface area (TPSA) is 58.4 Å². The third-order valence-electron chi connectivity index (χ3n) is 4.16. The molecule has 2 unspecified atom stereocenters. The smallest absolute Gasteiger partial charge is 0.234 e. The lowest BCUT2D eigenvalue weighted by Crippen LogP contribution is -2.44. The summed E-state index contributed by atoms with van der Waals surface area (Å²) in [5.41, 5.74) is 5.45. The lowest BCUT2D eigenvalue weighted by molar-refractivity contribution is -0.120.